The topological polar surface area (TPSA) is 83.5 Å². The van der Waals surface area contributed by atoms with E-state index >= 15 is 0 Å². The smallest absolute Gasteiger partial charge is 0.524 e. The summed E-state index contributed by atoms with van der Waals surface area (Å²) in [7, 11) is 0. The fourth-order valence-corrected chi connectivity index (χ4v) is 4.43. The Morgan fingerprint density at radius 1 is 1.06 bits per heavy atom. The van der Waals surface area contributed by atoms with Crippen molar-refractivity contribution in [3.63, 3.8) is 0 Å². The normalized spacial score (nSPS) is 22.0. The largest absolute Gasteiger partial charge is 0.544 e. The zero-order valence-corrected chi connectivity index (χ0v) is 19.6. The molecule has 2 aromatic rings. The number of hydrogen-bond donors (Lipinski definition) is 0. The van der Waals surface area contributed by atoms with Crippen LogP contribution in [0, 0.1) is 0 Å². The molecule has 0 aliphatic carbocycles. The zero-order valence-electron chi connectivity index (χ0n) is 19.6. The second-order valence-corrected chi connectivity index (χ2v) is 9.35. The number of benzene rings is 2. The number of carboxylic acid groups (broad SMARTS) is 1. The molecule has 0 bridgehead atoms. The average Bonchev–Trinajstić information content (AvgIpc) is 3.07. The first-order valence-corrected chi connectivity index (χ1v) is 11.3. The van der Waals surface area contributed by atoms with Gasteiger partial charge in [-0.15, -0.1) is 4.48 Å². The number of imide groups is 1. The first-order valence-electron chi connectivity index (χ1n) is 11.3. The highest BCUT2D eigenvalue weighted by molar-refractivity contribution is 5.99. The summed E-state index contributed by atoms with van der Waals surface area (Å²) in [5.74, 6) is -1.97. The molecule has 6 heteroatoms. The zero-order chi connectivity index (χ0) is 24.2. The molecule has 0 saturated carbocycles. The highest BCUT2D eigenvalue weighted by Crippen LogP contribution is 2.36. The van der Waals surface area contributed by atoms with E-state index in [1.165, 1.54) is 0 Å². The molecule has 1 aliphatic heterocycles. The molecule has 0 radical (unpaired) electrons. The number of carbonyl (C=O) groups excluding carboxylic acids is 3. The molecular weight excluding hydrogens is 418 g/mol. The van der Waals surface area contributed by atoms with E-state index < -0.39 is 34.1 Å². The van der Waals surface area contributed by atoms with Crippen LogP contribution in [0.15, 0.2) is 72.3 Å². The van der Waals surface area contributed by atoms with Gasteiger partial charge in [0.1, 0.15) is 11.6 Å². The van der Waals surface area contributed by atoms with Crippen molar-refractivity contribution in [1.82, 2.24) is 0 Å². The summed E-state index contributed by atoms with van der Waals surface area (Å²) >= 11 is 0. The van der Waals surface area contributed by atoms with Gasteiger partial charge in [-0.3, -0.25) is 0 Å². The number of carboxylic acids is 1. The van der Waals surface area contributed by atoms with Crippen LogP contribution in [0.5, 0.6) is 0 Å². The number of rotatable bonds is 6. The lowest BCUT2D eigenvalue weighted by molar-refractivity contribution is -0.792. The van der Waals surface area contributed by atoms with Gasteiger partial charge in [-0.25, -0.2) is 4.79 Å². The number of nitrogens with zero attached hydrogens (tertiary/aromatic N) is 1. The third-order valence-corrected chi connectivity index (χ3v) is 6.08. The number of amides is 2. The SMILES string of the molecule is CC[N+]1(C(=O)OC(C)(C)C)C(=O)/C(=C\CC(c2ccccc2)c2ccccc2)C[C@H]1C(=O)[O-]. The Morgan fingerprint density at radius 2 is 1.58 bits per heavy atom. The molecular formula is C27H31NO5. The fourth-order valence-electron chi connectivity index (χ4n) is 4.43. The highest BCUT2D eigenvalue weighted by atomic mass is 16.6. The van der Waals surface area contributed by atoms with E-state index in [1.807, 2.05) is 60.7 Å². The van der Waals surface area contributed by atoms with E-state index in [1.54, 1.807) is 33.8 Å². The van der Waals surface area contributed by atoms with Gasteiger partial charge in [-0.2, -0.15) is 4.79 Å². The van der Waals surface area contributed by atoms with Crippen LogP contribution in [0.25, 0.3) is 0 Å². The Labute approximate surface area is 195 Å². The molecule has 1 heterocycles. The van der Waals surface area contributed by atoms with Gasteiger partial charge in [0, 0.05) is 12.3 Å². The van der Waals surface area contributed by atoms with E-state index in [4.69, 9.17) is 4.74 Å². The Hall–Kier alpha value is -3.25. The average molecular weight is 450 g/mol. The summed E-state index contributed by atoms with van der Waals surface area (Å²) in [6, 6.07) is 18.6. The predicted molar refractivity (Wildman–Crippen MR) is 123 cm³/mol. The molecule has 0 N–H and O–H groups in total. The van der Waals surface area contributed by atoms with Crippen LogP contribution in [-0.4, -0.2) is 40.6 Å². The van der Waals surface area contributed by atoms with Gasteiger partial charge >= 0.3 is 12.0 Å². The number of aliphatic carboxylic acids is 1. The molecule has 0 aromatic heterocycles. The first-order chi connectivity index (χ1) is 15.6. The fraction of sp³-hybridized carbons (Fsp3) is 0.370. The lowest BCUT2D eigenvalue weighted by Crippen LogP contribution is -2.64. The summed E-state index contributed by atoms with van der Waals surface area (Å²) in [6.07, 6.45) is 1.36. The lowest BCUT2D eigenvalue weighted by Gasteiger charge is -2.34. The quantitative estimate of drug-likeness (QED) is 0.492. The Balaban J connectivity index is 1.98. The molecule has 0 spiro atoms. The Kier molecular flexibility index (Phi) is 7.18. The van der Waals surface area contributed by atoms with Gasteiger partial charge in [0.15, 0.2) is 6.04 Å². The lowest BCUT2D eigenvalue weighted by atomic mass is 9.88. The first kappa shape index (κ1) is 24.4. The van der Waals surface area contributed by atoms with Crippen molar-refractivity contribution in [2.24, 2.45) is 0 Å². The van der Waals surface area contributed by atoms with Gasteiger partial charge in [0.05, 0.1) is 12.1 Å². The third kappa shape index (κ3) is 5.06. The third-order valence-electron chi connectivity index (χ3n) is 6.08. The summed E-state index contributed by atoms with van der Waals surface area (Å²) < 4.78 is 4.56. The number of quaternary nitrogens is 1. The van der Waals surface area contributed by atoms with Gasteiger partial charge in [0.25, 0.3) is 0 Å². The Morgan fingerprint density at radius 3 is 2.00 bits per heavy atom. The van der Waals surface area contributed by atoms with Gasteiger partial charge in [-0.1, -0.05) is 66.7 Å². The number of allylic oxidation sites excluding steroid dienone is 1. The van der Waals surface area contributed by atoms with E-state index in [0.717, 1.165) is 11.1 Å². The van der Waals surface area contributed by atoms with Crippen LogP contribution in [0.4, 0.5) is 4.79 Å². The number of hydrogen-bond acceptors (Lipinski definition) is 5. The summed E-state index contributed by atoms with van der Waals surface area (Å²) in [5, 5.41) is 12.0. The van der Waals surface area contributed by atoms with Crippen LogP contribution in [0.2, 0.25) is 0 Å². The van der Waals surface area contributed by atoms with Crippen LogP contribution in [-0.2, 0) is 14.3 Å². The molecule has 6 nitrogen and oxygen atoms in total. The summed E-state index contributed by atoms with van der Waals surface area (Å²) in [6.45, 7) is 6.66. The standard InChI is InChI=1S/C27H31NO5/c1-5-28(26(32)33-27(2,3)4)23(25(30)31)18-21(24(28)29)16-17-22(19-12-8-6-9-13-19)20-14-10-7-11-15-20/h6-16,22-23H,5,17-18H2,1-4H3/b21-16-/t23-,28?/m0/s1. The maximum Gasteiger partial charge on any atom is 0.524 e. The molecule has 3 rings (SSSR count). The van der Waals surface area contributed by atoms with Crippen LogP contribution in [0.3, 0.4) is 0 Å². The molecule has 33 heavy (non-hydrogen) atoms. The molecule has 1 aliphatic rings. The highest BCUT2D eigenvalue weighted by Gasteiger charge is 2.59. The van der Waals surface area contributed by atoms with Crippen molar-refractivity contribution < 1.29 is 28.7 Å². The molecule has 2 amide bonds. The molecule has 1 saturated heterocycles. The molecule has 2 atom stereocenters. The van der Waals surface area contributed by atoms with Crippen molar-refractivity contribution in [1.29, 1.82) is 0 Å². The number of ether oxygens (including phenoxy) is 1. The number of likely N-dealkylation sites (N-methyl/N-ethyl adjacent to an activating group) is 1. The maximum atomic E-state index is 13.5. The van der Waals surface area contributed by atoms with Gasteiger partial charge in [-0.05, 0) is 45.2 Å². The monoisotopic (exact) mass is 449 g/mol. The molecule has 174 valence electrons. The van der Waals surface area contributed by atoms with Crippen molar-refractivity contribution in [2.45, 2.75) is 58.1 Å². The van der Waals surface area contributed by atoms with Crippen molar-refractivity contribution in [3.8, 4) is 0 Å². The van der Waals surface area contributed by atoms with E-state index in [2.05, 4.69) is 0 Å². The summed E-state index contributed by atoms with van der Waals surface area (Å²) in [5.41, 5.74) is 1.65. The Bertz CT molecular complexity index is 1000. The van der Waals surface area contributed by atoms with Crippen molar-refractivity contribution >= 4 is 18.0 Å². The van der Waals surface area contributed by atoms with Crippen LogP contribution < -0.4 is 5.11 Å². The minimum Gasteiger partial charge on any atom is -0.544 e. The van der Waals surface area contributed by atoms with Crippen LogP contribution >= 0.6 is 0 Å². The predicted octanol–water partition coefficient (Wildman–Crippen LogP) is 3.96. The minimum absolute atomic E-state index is 0.0141. The van der Waals surface area contributed by atoms with Crippen LogP contribution in [0.1, 0.15) is 57.6 Å². The number of carbonyl (C=O) groups is 3. The molecule has 2 aromatic carbocycles. The molecule has 1 unspecified atom stereocenters. The maximum absolute atomic E-state index is 13.5. The van der Waals surface area contributed by atoms with Gasteiger partial charge in [0.2, 0.25) is 0 Å². The second-order valence-electron chi connectivity index (χ2n) is 9.35. The van der Waals surface area contributed by atoms with E-state index in [9.17, 15) is 19.5 Å². The van der Waals surface area contributed by atoms with E-state index in [-0.39, 0.29) is 18.9 Å². The minimum atomic E-state index is -1.43. The van der Waals surface area contributed by atoms with Crippen molar-refractivity contribution in [2.75, 3.05) is 6.54 Å². The van der Waals surface area contributed by atoms with E-state index in [0.29, 0.717) is 12.0 Å². The van der Waals surface area contributed by atoms with Crippen molar-refractivity contribution in [3.05, 3.63) is 83.4 Å². The second kappa shape index (κ2) is 9.71. The van der Waals surface area contributed by atoms with Gasteiger partial charge < -0.3 is 14.6 Å². The summed E-state index contributed by atoms with van der Waals surface area (Å²) in [4.78, 5) is 38.6. The number of likely N-dealkylation sites (tertiary alicyclic amines) is 1. The molecule has 1 fully saturated rings.